The molecule has 24 heavy (non-hydrogen) atoms. The summed E-state index contributed by atoms with van der Waals surface area (Å²) in [7, 11) is -1.63. The van der Waals surface area contributed by atoms with E-state index in [2.05, 4.69) is 73.5 Å². The summed E-state index contributed by atoms with van der Waals surface area (Å²) in [5, 5.41) is 0.320. The molecule has 0 amide bonds. The zero-order chi connectivity index (χ0) is 18.5. The smallest absolute Gasteiger partial charge is 0.192 e. The molecule has 0 radical (unpaired) electrons. The predicted octanol–water partition coefficient (Wildman–Crippen LogP) is 8.64. The average Bonchev–Trinajstić information content (AvgIpc) is 2.49. The topological polar surface area (TPSA) is 9.23 Å². The third kappa shape index (κ3) is 12.1. The van der Waals surface area contributed by atoms with Crippen LogP contribution in [-0.2, 0) is 4.43 Å². The molecule has 0 aliphatic carbocycles. The monoisotopic (exact) mass is 466 g/mol. The first-order chi connectivity index (χ1) is 11.2. The Kier molecular flexibility index (Phi) is 14.2. The Hall–Kier alpha value is 0.647. The molecule has 0 aliphatic rings. The maximum absolute atomic E-state index is 6.75. The second kappa shape index (κ2) is 13.8. The molecular weight excluding hydrogens is 423 g/mol. The SMILES string of the molecule is CCCCCC[C@H](CCCCCC/C=C/I)O[Si](C)(C)C(C)(C)C. The fraction of sp³-hybridized carbons (Fsp3) is 0.905. The molecule has 0 heterocycles. The molecule has 144 valence electrons. The van der Waals surface area contributed by atoms with Crippen LogP contribution in [0.4, 0.5) is 0 Å². The van der Waals surface area contributed by atoms with E-state index in [0.717, 1.165) is 0 Å². The molecule has 0 saturated heterocycles. The summed E-state index contributed by atoms with van der Waals surface area (Å²) in [5.74, 6) is 0. The molecule has 3 heteroatoms. The number of allylic oxidation sites excluding steroid dienone is 1. The van der Waals surface area contributed by atoms with Crippen molar-refractivity contribution in [3.63, 3.8) is 0 Å². The summed E-state index contributed by atoms with van der Waals surface area (Å²) in [6.45, 7) is 14.2. The van der Waals surface area contributed by atoms with Gasteiger partial charge in [0.05, 0.1) is 0 Å². The quantitative estimate of drug-likeness (QED) is 0.141. The summed E-state index contributed by atoms with van der Waals surface area (Å²) < 4.78 is 8.89. The molecule has 0 N–H and O–H groups in total. The lowest BCUT2D eigenvalue weighted by atomic mass is 10.0. The lowest BCUT2D eigenvalue weighted by molar-refractivity contribution is 0.154. The first-order valence-electron chi connectivity index (χ1n) is 10.2. The van der Waals surface area contributed by atoms with E-state index in [9.17, 15) is 0 Å². The fourth-order valence-electron chi connectivity index (χ4n) is 2.71. The van der Waals surface area contributed by atoms with Crippen LogP contribution in [0.1, 0.15) is 98.3 Å². The molecule has 0 bridgehead atoms. The van der Waals surface area contributed by atoms with Gasteiger partial charge in [-0.25, -0.2) is 0 Å². The Labute approximate surface area is 167 Å². The van der Waals surface area contributed by atoms with E-state index in [1.165, 1.54) is 70.6 Å². The van der Waals surface area contributed by atoms with Gasteiger partial charge in [-0.05, 0) is 47.9 Å². The molecule has 0 unspecified atom stereocenters. The molecule has 0 aromatic rings. The van der Waals surface area contributed by atoms with Gasteiger partial charge in [-0.1, -0.05) is 101 Å². The van der Waals surface area contributed by atoms with Crippen LogP contribution in [0.15, 0.2) is 10.2 Å². The molecule has 0 aromatic carbocycles. The highest BCUT2D eigenvalue weighted by Crippen LogP contribution is 2.38. The standard InChI is InChI=1S/C21H43IOSi/c1-7-8-9-14-17-20(23-24(5,6)21(2,3)4)18-15-12-10-11-13-16-19-22/h16,19-20H,7-15,17-18H2,1-6H3/b19-16+/t20-/m1/s1. The third-order valence-corrected chi connectivity index (χ3v) is 10.4. The van der Waals surface area contributed by atoms with Crippen molar-refractivity contribution in [2.45, 2.75) is 123 Å². The highest BCUT2D eigenvalue weighted by molar-refractivity contribution is 14.1. The Balaban J connectivity index is 4.27. The second-order valence-corrected chi connectivity index (χ2v) is 14.2. The predicted molar refractivity (Wildman–Crippen MR) is 122 cm³/mol. The highest BCUT2D eigenvalue weighted by Gasteiger charge is 2.38. The van der Waals surface area contributed by atoms with Gasteiger partial charge in [0.25, 0.3) is 0 Å². The van der Waals surface area contributed by atoms with Gasteiger partial charge < -0.3 is 4.43 Å². The first kappa shape index (κ1) is 24.6. The van der Waals surface area contributed by atoms with Crippen molar-refractivity contribution in [3.8, 4) is 0 Å². The van der Waals surface area contributed by atoms with Crippen LogP contribution < -0.4 is 0 Å². The molecule has 0 fully saturated rings. The number of halogens is 1. The third-order valence-electron chi connectivity index (χ3n) is 5.38. The molecule has 1 atom stereocenters. The van der Waals surface area contributed by atoms with Gasteiger partial charge in [0.1, 0.15) is 0 Å². The minimum absolute atomic E-state index is 0.320. The number of hydrogen-bond acceptors (Lipinski definition) is 1. The van der Waals surface area contributed by atoms with Crippen LogP contribution in [0.2, 0.25) is 18.1 Å². The lowest BCUT2D eigenvalue weighted by Crippen LogP contribution is -2.44. The molecule has 0 saturated carbocycles. The summed E-state index contributed by atoms with van der Waals surface area (Å²) >= 11 is 2.31. The average molecular weight is 467 g/mol. The number of rotatable bonds is 14. The van der Waals surface area contributed by atoms with Crippen molar-refractivity contribution >= 4 is 30.9 Å². The van der Waals surface area contributed by atoms with Crippen LogP contribution in [0, 0.1) is 0 Å². The number of unbranched alkanes of at least 4 members (excludes halogenated alkanes) is 7. The largest absolute Gasteiger partial charge is 0.414 e. The van der Waals surface area contributed by atoms with E-state index >= 15 is 0 Å². The van der Waals surface area contributed by atoms with Gasteiger partial charge in [-0.2, -0.15) is 0 Å². The first-order valence-corrected chi connectivity index (χ1v) is 14.3. The van der Waals surface area contributed by atoms with E-state index in [-0.39, 0.29) is 0 Å². The Morgan fingerprint density at radius 2 is 1.46 bits per heavy atom. The molecule has 0 aliphatic heterocycles. The summed E-state index contributed by atoms with van der Waals surface area (Å²) in [6.07, 6.45) is 17.3. The van der Waals surface area contributed by atoms with E-state index in [1.807, 2.05) is 0 Å². The second-order valence-electron chi connectivity index (χ2n) is 8.70. The Bertz CT molecular complexity index is 320. The van der Waals surface area contributed by atoms with Crippen molar-refractivity contribution in [3.05, 3.63) is 10.2 Å². The summed E-state index contributed by atoms with van der Waals surface area (Å²) in [6, 6.07) is 0. The van der Waals surface area contributed by atoms with Crippen LogP contribution in [-0.4, -0.2) is 14.4 Å². The normalized spacial score (nSPS) is 14.5. The minimum atomic E-state index is -1.63. The molecule has 0 rings (SSSR count). The van der Waals surface area contributed by atoms with E-state index in [0.29, 0.717) is 11.1 Å². The number of hydrogen-bond donors (Lipinski definition) is 0. The lowest BCUT2D eigenvalue weighted by Gasteiger charge is -2.39. The van der Waals surface area contributed by atoms with Gasteiger partial charge in [-0.15, -0.1) is 0 Å². The molecule has 0 aromatic heterocycles. The van der Waals surface area contributed by atoms with Crippen LogP contribution in [0.3, 0.4) is 0 Å². The zero-order valence-corrected chi connectivity index (χ0v) is 20.5. The maximum Gasteiger partial charge on any atom is 0.192 e. The van der Waals surface area contributed by atoms with Crippen molar-refractivity contribution in [2.24, 2.45) is 0 Å². The molecular formula is C21H43IOSi. The Morgan fingerprint density at radius 1 is 0.917 bits per heavy atom. The maximum atomic E-state index is 6.75. The van der Waals surface area contributed by atoms with Gasteiger partial charge in [-0.3, -0.25) is 0 Å². The minimum Gasteiger partial charge on any atom is -0.414 e. The van der Waals surface area contributed by atoms with Crippen molar-refractivity contribution in [1.29, 1.82) is 0 Å². The fourth-order valence-corrected chi connectivity index (χ4v) is 4.49. The van der Waals surface area contributed by atoms with Crippen molar-refractivity contribution in [2.75, 3.05) is 0 Å². The molecule has 1 nitrogen and oxygen atoms in total. The van der Waals surface area contributed by atoms with Gasteiger partial charge in [0.15, 0.2) is 8.32 Å². The zero-order valence-electron chi connectivity index (χ0n) is 17.3. The van der Waals surface area contributed by atoms with Crippen molar-refractivity contribution in [1.82, 2.24) is 0 Å². The van der Waals surface area contributed by atoms with Crippen LogP contribution >= 0.6 is 22.6 Å². The van der Waals surface area contributed by atoms with Crippen LogP contribution in [0.25, 0.3) is 0 Å². The molecule has 0 spiro atoms. The van der Waals surface area contributed by atoms with Gasteiger partial charge >= 0.3 is 0 Å². The highest BCUT2D eigenvalue weighted by atomic mass is 127. The van der Waals surface area contributed by atoms with E-state index in [4.69, 9.17) is 4.43 Å². The van der Waals surface area contributed by atoms with Crippen LogP contribution in [0.5, 0.6) is 0 Å². The van der Waals surface area contributed by atoms with E-state index in [1.54, 1.807) is 0 Å². The van der Waals surface area contributed by atoms with Gasteiger partial charge in [0.2, 0.25) is 0 Å². The van der Waals surface area contributed by atoms with Crippen molar-refractivity contribution < 1.29 is 4.43 Å². The Morgan fingerprint density at radius 3 is 1.96 bits per heavy atom. The van der Waals surface area contributed by atoms with E-state index < -0.39 is 8.32 Å². The summed E-state index contributed by atoms with van der Waals surface area (Å²) in [5.41, 5.74) is 0. The summed E-state index contributed by atoms with van der Waals surface area (Å²) in [4.78, 5) is 0. The van der Waals surface area contributed by atoms with Gasteiger partial charge in [0, 0.05) is 6.10 Å².